The molecule has 1 aromatic carbocycles. The highest BCUT2D eigenvalue weighted by atomic mass is 16.5. The highest BCUT2D eigenvalue weighted by Crippen LogP contribution is 2.01. The topological polar surface area (TPSA) is 46.5 Å². The number of carbonyl (C=O) groups is 1. The van der Waals surface area contributed by atoms with E-state index in [1.807, 2.05) is 6.07 Å². The van der Waals surface area contributed by atoms with Crippen molar-refractivity contribution in [3.63, 3.8) is 0 Å². The van der Waals surface area contributed by atoms with Crippen LogP contribution >= 0.6 is 0 Å². The molecule has 0 aliphatic carbocycles. The highest BCUT2D eigenvalue weighted by Gasteiger charge is 2.06. The van der Waals surface area contributed by atoms with Crippen molar-refractivity contribution >= 4 is 5.97 Å². The summed E-state index contributed by atoms with van der Waals surface area (Å²) in [5.74, 6) is -0.401. The van der Waals surface area contributed by atoms with E-state index in [0.717, 1.165) is 0 Å². The van der Waals surface area contributed by atoms with Gasteiger partial charge in [0, 0.05) is 0 Å². The van der Waals surface area contributed by atoms with Crippen molar-refractivity contribution in [2.24, 2.45) is 0 Å². The molecule has 3 nitrogen and oxygen atoms in total. The van der Waals surface area contributed by atoms with E-state index in [-0.39, 0.29) is 6.61 Å². The van der Waals surface area contributed by atoms with Gasteiger partial charge in [-0.15, -0.1) is 0 Å². The van der Waals surface area contributed by atoms with Crippen LogP contribution in [0, 0.1) is 0 Å². The summed E-state index contributed by atoms with van der Waals surface area (Å²) in [6, 6.07) is 8.69. The molecule has 0 fully saturated rings. The minimum absolute atomic E-state index is 0.0354. The minimum Gasteiger partial charge on any atom is -0.459 e. The third-order valence-electron chi connectivity index (χ3n) is 1.47. The fourth-order valence-corrected chi connectivity index (χ4v) is 0.854. The van der Waals surface area contributed by atoms with Gasteiger partial charge >= 0.3 is 5.97 Å². The Hall–Kier alpha value is -1.35. The van der Waals surface area contributed by atoms with Gasteiger partial charge in [-0.25, -0.2) is 4.79 Å². The zero-order valence-corrected chi connectivity index (χ0v) is 7.43. The van der Waals surface area contributed by atoms with E-state index in [4.69, 9.17) is 9.84 Å². The van der Waals surface area contributed by atoms with Gasteiger partial charge in [-0.1, -0.05) is 18.2 Å². The Labute approximate surface area is 77.0 Å². The van der Waals surface area contributed by atoms with Crippen LogP contribution in [-0.4, -0.2) is 23.8 Å². The summed E-state index contributed by atoms with van der Waals surface area (Å²) >= 11 is 0. The fraction of sp³-hybridized carbons (Fsp3) is 0.300. The number of carbonyl (C=O) groups excluding carboxylic acids is 1. The van der Waals surface area contributed by atoms with E-state index in [1.54, 1.807) is 31.2 Å². The average Bonchev–Trinajstić information content (AvgIpc) is 2.15. The van der Waals surface area contributed by atoms with Crippen molar-refractivity contribution in [3.8, 4) is 0 Å². The summed E-state index contributed by atoms with van der Waals surface area (Å²) in [5, 5.41) is 8.87. The van der Waals surface area contributed by atoms with Gasteiger partial charge in [-0.2, -0.15) is 0 Å². The lowest BCUT2D eigenvalue weighted by atomic mass is 10.2. The van der Waals surface area contributed by atoms with Gasteiger partial charge in [-0.3, -0.25) is 0 Å². The zero-order chi connectivity index (χ0) is 9.68. The molecule has 0 aliphatic rings. The number of ether oxygens (including phenoxy) is 1. The molecule has 1 rings (SSSR count). The van der Waals surface area contributed by atoms with Crippen LogP contribution in [-0.2, 0) is 4.74 Å². The monoisotopic (exact) mass is 180 g/mol. The number of benzene rings is 1. The molecule has 0 saturated heterocycles. The molecule has 0 aromatic heterocycles. The maximum atomic E-state index is 11.2. The van der Waals surface area contributed by atoms with Gasteiger partial charge < -0.3 is 9.84 Å². The second kappa shape index (κ2) is 4.62. The summed E-state index contributed by atoms with van der Waals surface area (Å²) in [7, 11) is 0. The lowest BCUT2D eigenvalue weighted by Crippen LogP contribution is -2.15. The Morgan fingerprint density at radius 3 is 2.62 bits per heavy atom. The van der Waals surface area contributed by atoms with Crippen LogP contribution in [0.25, 0.3) is 0 Å². The van der Waals surface area contributed by atoms with Crippen molar-refractivity contribution < 1.29 is 14.6 Å². The van der Waals surface area contributed by atoms with E-state index in [1.165, 1.54) is 0 Å². The van der Waals surface area contributed by atoms with Gasteiger partial charge in [0.2, 0.25) is 0 Å². The molecule has 70 valence electrons. The van der Waals surface area contributed by atoms with E-state index in [9.17, 15) is 4.79 Å². The average molecular weight is 180 g/mol. The van der Waals surface area contributed by atoms with Gasteiger partial charge in [0.15, 0.2) is 0 Å². The molecular formula is C10H12O3. The summed E-state index contributed by atoms with van der Waals surface area (Å²) in [6.45, 7) is 1.60. The van der Waals surface area contributed by atoms with Crippen LogP contribution in [0.3, 0.4) is 0 Å². The van der Waals surface area contributed by atoms with Crippen LogP contribution in [0.15, 0.2) is 30.3 Å². The van der Waals surface area contributed by atoms with Crippen molar-refractivity contribution in [3.05, 3.63) is 35.9 Å². The lowest BCUT2D eigenvalue weighted by molar-refractivity contribution is 0.0296. The van der Waals surface area contributed by atoms with Crippen LogP contribution in [0.4, 0.5) is 0 Å². The summed E-state index contributed by atoms with van der Waals surface area (Å²) < 4.78 is 4.80. The van der Waals surface area contributed by atoms with Crippen molar-refractivity contribution in [1.29, 1.82) is 0 Å². The Morgan fingerprint density at radius 1 is 1.46 bits per heavy atom. The molecule has 0 aliphatic heterocycles. The number of rotatable bonds is 3. The standard InChI is InChI=1S/C10H12O3/c1-8(11)7-13-10(12)9-5-3-2-4-6-9/h2-6,8,11H,7H2,1H3. The maximum Gasteiger partial charge on any atom is 0.338 e. The Kier molecular flexibility index (Phi) is 3.46. The first-order valence-corrected chi connectivity index (χ1v) is 4.10. The summed E-state index contributed by atoms with van der Waals surface area (Å²) in [5.41, 5.74) is 0.503. The number of hydrogen-bond donors (Lipinski definition) is 1. The van der Waals surface area contributed by atoms with Gasteiger partial charge in [0.1, 0.15) is 6.61 Å². The van der Waals surface area contributed by atoms with Crippen molar-refractivity contribution in [2.75, 3.05) is 6.61 Å². The molecule has 0 bridgehead atoms. The van der Waals surface area contributed by atoms with Crippen LogP contribution in [0.5, 0.6) is 0 Å². The molecule has 13 heavy (non-hydrogen) atoms. The van der Waals surface area contributed by atoms with E-state index in [0.29, 0.717) is 5.56 Å². The first-order valence-electron chi connectivity index (χ1n) is 4.10. The van der Waals surface area contributed by atoms with Crippen LogP contribution in [0.1, 0.15) is 17.3 Å². The maximum absolute atomic E-state index is 11.2. The van der Waals surface area contributed by atoms with Gasteiger partial charge in [0.25, 0.3) is 0 Å². The molecule has 0 amide bonds. The normalized spacial score (nSPS) is 12.2. The number of esters is 1. The molecule has 0 radical (unpaired) electrons. The predicted octanol–water partition coefficient (Wildman–Crippen LogP) is 1.22. The van der Waals surface area contributed by atoms with Gasteiger partial charge in [0.05, 0.1) is 11.7 Å². The van der Waals surface area contributed by atoms with Crippen molar-refractivity contribution in [2.45, 2.75) is 13.0 Å². The van der Waals surface area contributed by atoms with E-state index in [2.05, 4.69) is 0 Å². The SMILES string of the molecule is CC(O)COC(=O)c1ccccc1. The summed E-state index contributed by atoms with van der Waals surface area (Å²) in [4.78, 5) is 11.2. The number of aliphatic hydroxyl groups is 1. The van der Waals surface area contributed by atoms with Crippen LogP contribution < -0.4 is 0 Å². The third-order valence-corrected chi connectivity index (χ3v) is 1.47. The smallest absolute Gasteiger partial charge is 0.338 e. The quantitative estimate of drug-likeness (QED) is 0.711. The first kappa shape index (κ1) is 9.74. The van der Waals surface area contributed by atoms with E-state index >= 15 is 0 Å². The summed E-state index contributed by atoms with van der Waals surface area (Å²) in [6.07, 6.45) is -0.618. The van der Waals surface area contributed by atoms with Crippen molar-refractivity contribution in [1.82, 2.24) is 0 Å². The first-order chi connectivity index (χ1) is 6.20. The number of hydrogen-bond acceptors (Lipinski definition) is 3. The third kappa shape index (κ3) is 3.25. The molecule has 1 unspecified atom stereocenters. The number of aliphatic hydroxyl groups excluding tert-OH is 1. The molecule has 1 atom stereocenters. The predicted molar refractivity (Wildman–Crippen MR) is 48.4 cm³/mol. The van der Waals surface area contributed by atoms with Crippen LogP contribution in [0.2, 0.25) is 0 Å². The Morgan fingerprint density at radius 2 is 2.08 bits per heavy atom. The fourth-order valence-electron chi connectivity index (χ4n) is 0.854. The molecule has 1 aromatic rings. The Balaban J connectivity index is 2.50. The second-order valence-electron chi connectivity index (χ2n) is 2.81. The second-order valence-corrected chi connectivity index (χ2v) is 2.81. The van der Waals surface area contributed by atoms with Gasteiger partial charge in [-0.05, 0) is 19.1 Å². The molecule has 0 saturated carbocycles. The molecule has 0 heterocycles. The highest BCUT2D eigenvalue weighted by molar-refractivity contribution is 5.89. The molecule has 3 heteroatoms. The lowest BCUT2D eigenvalue weighted by Gasteiger charge is -2.05. The molecule has 1 N–H and O–H groups in total. The van der Waals surface area contributed by atoms with E-state index < -0.39 is 12.1 Å². The molecular weight excluding hydrogens is 168 g/mol. The zero-order valence-electron chi connectivity index (χ0n) is 7.43. The minimum atomic E-state index is -0.618. The molecule has 0 spiro atoms. The Bertz CT molecular complexity index is 267. The largest absolute Gasteiger partial charge is 0.459 e.